The highest BCUT2D eigenvalue weighted by Gasteiger charge is 2.27. The van der Waals surface area contributed by atoms with Gasteiger partial charge in [-0.25, -0.2) is 4.99 Å². The standard InChI is InChI=1S/C27H28N6O3/c1-33(16-17-35-2)20-14-12-19(13-15-20)24(28)36-27(29)32-25-26(34)30-22-11-7-6-10-21(22)23(31-25)18-8-4-3-5-9-18/h3-15,25,28H,16-17H2,1-2H3,(H2,29,32)(H,30,34). The Labute approximate surface area is 209 Å². The van der Waals surface area contributed by atoms with Gasteiger partial charge in [0.25, 0.3) is 11.9 Å². The first-order valence-electron chi connectivity index (χ1n) is 11.4. The quantitative estimate of drug-likeness (QED) is 0.302. The Bertz CT molecular complexity index is 1270. The minimum absolute atomic E-state index is 0.219. The average Bonchev–Trinajstić information content (AvgIpc) is 3.03. The molecule has 1 amide bonds. The molecule has 184 valence electrons. The Kier molecular flexibility index (Phi) is 7.72. The Morgan fingerprint density at radius 3 is 2.44 bits per heavy atom. The van der Waals surface area contributed by atoms with Gasteiger partial charge in [0.05, 0.1) is 18.0 Å². The molecule has 0 radical (unpaired) electrons. The van der Waals surface area contributed by atoms with E-state index in [1.807, 2.05) is 78.7 Å². The van der Waals surface area contributed by atoms with E-state index in [0.29, 0.717) is 23.6 Å². The summed E-state index contributed by atoms with van der Waals surface area (Å²) < 4.78 is 10.5. The van der Waals surface area contributed by atoms with Gasteiger partial charge in [-0.1, -0.05) is 48.5 Å². The van der Waals surface area contributed by atoms with E-state index in [-0.39, 0.29) is 5.90 Å². The van der Waals surface area contributed by atoms with Gasteiger partial charge < -0.3 is 25.0 Å². The number of methoxy groups -OCH3 is 1. The van der Waals surface area contributed by atoms with Crippen LogP contribution in [0.3, 0.4) is 0 Å². The van der Waals surface area contributed by atoms with E-state index in [0.717, 1.165) is 23.4 Å². The van der Waals surface area contributed by atoms with Crippen LogP contribution in [0.1, 0.15) is 16.7 Å². The van der Waals surface area contributed by atoms with E-state index in [1.165, 1.54) is 0 Å². The fourth-order valence-electron chi connectivity index (χ4n) is 3.72. The van der Waals surface area contributed by atoms with Crippen LogP contribution in [-0.2, 0) is 14.3 Å². The predicted octanol–water partition coefficient (Wildman–Crippen LogP) is 3.45. The van der Waals surface area contributed by atoms with Gasteiger partial charge >= 0.3 is 0 Å². The van der Waals surface area contributed by atoms with Crippen molar-refractivity contribution in [2.24, 2.45) is 4.99 Å². The third kappa shape index (κ3) is 5.76. The first kappa shape index (κ1) is 24.6. The molecular weight excluding hydrogens is 456 g/mol. The van der Waals surface area contributed by atoms with Gasteiger partial charge in [-0.2, -0.15) is 0 Å². The maximum Gasteiger partial charge on any atom is 0.290 e. The van der Waals surface area contributed by atoms with Gasteiger partial charge in [-0.15, -0.1) is 0 Å². The van der Waals surface area contributed by atoms with Crippen LogP contribution in [0.25, 0.3) is 0 Å². The molecule has 4 N–H and O–H groups in total. The summed E-state index contributed by atoms with van der Waals surface area (Å²) in [7, 11) is 3.61. The number of ether oxygens (including phenoxy) is 2. The van der Waals surface area contributed by atoms with Crippen LogP contribution in [-0.4, -0.2) is 57.0 Å². The number of hydrogen-bond donors (Lipinski definition) is 4. The van der Waals surface area contributed by atoms with Crippen LogP contribution in [0, 0.1) is 10.8 Å². The lowest BCUT2D eigenvalue weighted by molar-refractivity contribution is -0.117. The highest BCUT2D eigenvalue weighted by atomic mass is 16.5. The van der Waals surface area contributed by atoms with Crippen LogP contribution in [0.2, 0.25) is 0 Å². The molecule has 1 heterocycles. The minimum Gasteiger partial charge on any atom is -0.407 e. The number of carbonyl (C=O) groups is 1. The summed E-state index contributed by atoms with van der Waals surface area (Å²) in [6.45, 7) is 1.34. The van der Waals surface area contributed by atoms with Gasteiger partial charge in [-0.05, 0) is 30.3 Å². The zero-order valence-electron chi connectivity index (χ0n) is 20.1. The van der Waals surface area contributed by atoms with Crippen molar-refractivity contribution >= 4 is 34.9 Å². The number of anilines is 2. The lowest BCUT2D eigenvalue weighted by atomic mass is 10.0. The summed E-state index contributed by atoms with van der Waals surface area (Å²) in [6.07, 6.45) is -1.12. The Morgan fingerprint density at radius 2 is 1.72 bits per heavy atom. The van der Waals surface area contributed by atoms with Crippen molar-refractivity contribution in [3.63, 3.8) is 0 Å². The third-order valence-electron chi connectivity index (χ3n) is 5.67. The topological polar surface area (TPSA) is 123 Å². The van der Waals surface area contributed by atoms with Gasteiger partial charge in [0.2, 0.25) is 12.1 Å². The van der Waals surface area contributed by atoms with Gasteiger partial charge in [0.15, 0.2) is 0 Å². The van der Waals surface area contributed by atoms with Crippen molar-refractivity contribution in [1.29, 1.82) is 10.8 Å². The number of aliphatic imine (C=N–C) groups is 1. The maximum atomic E-state index is 12.9. The second-order valence-corrected chi connectivity index (χ2v) is 8.15. The maximum absolute atomic E-state index is 12.9. The van der Waals surface area contributed by atoms with Crippen LogP contribution in [0.4, 0.5) is 11.4 Å². The van der Waals surface area contributed by atoms with Crippen LogP contribution < -0.4 is 15.5 Å². The molecule has 0 saturated heterocycles. The fraction of sp³-hybridized carbons (Fsp3) is 0.185. The van der Waals surface area contributed by atoms with Crippen LogP contribution in [0.15, 0.2) is 83.9 Å². The monoisotopic (exact) mass is 484 g/mol. The molecule has 1 aliphatic heterocycles. The number of nitrogens with one attached hydrogen (secondary N) is 4. The number of amides is 1. The third-order valence-corrected chi connectivity index (χ3v) is 5.67. The van der Waals surface area contributed by atoms with Crippen LogP contribution in [0.5, 0.6) is 0 Å². The Balaban J connectivity index is 1.48. The summed E-state index contributed by atoms with van der Waals surface area (Å²) in [4.78, 5) is 19.6. The van der Waals surface area contributed by atoms with Gasteiger partial charge in [0.1, 0.15) is 0 Å². The molecule has 0 saturated carbocycles. The molecule has 3 aromatic rings. The number of carbonyl (C=O) groups excluding carboxylic acids is 1. The summed E-state index contributed by atoms with van der Waals surface area (Å²) in [5, 5.41) is 22.1. The van der Waals surface area contributed by atoms with Crippen molar-refractivity contribution in [3.05, 3.63) is 95.6 Å². The second-order valence-electron chi connectivity index (χ2n) is 8.15. The van der Waals surface area contributed by atoms with Crippen molar-refractivity contribution in [3.8, 4) is 0 Å². The molecule has 0 fully saturated rings. The molecular formula is C27H28N6O3. The molecule has 36 heavy (non-hydrogen) atoms. The van der Waals surface area contributed by atoms with Crippen molar-refractivity contribution in [2.75, 3.05) is 37.5 Å². The average molecular weight is 485 g/mol. The Hall–Kier alpha value is -4.50. The van der Waals surface area contributed by atoms with E-state index in [9.17, 15) is 4.79 Å². The molecule has 0 bridgehead atoms. The molecule has 0 spiro atoms. The highest BCUT2D eigenvalue weighted by molar-refractivity contribution is 6.19. The molecule has 1 atom stereocenters. The summed E-state index contributed by atoms with van der Waals surface area (Å²) in [5.74, 6) is -0.653. The van der Waals surface area contributed by atoms with E-state index in [1.54, 1.807) is 19.2 Å². The minimum atomic E-state index is -1.12. The zero-order chi connectivity index (χ0) is 25.5. The van der Waals surface area contributed by atoms with E-state index < -0.39 is 18.1 Å². The highest BCUT2D eigenvalue weighted by Crippen LogP contribution is 2.23. The van der Waals surface area contributed by atoms with Crippen molar-refractivity contribution in [1.82, 2.24) is 5.32 Å². The number of hydrogen-bond acceptors (Lipinski definition) is 7. The summed E-state index contributed by atoms with van der Waals surface area (Å²) >= 11 is 0. The fourth-order valence-corrected chi connectivity index (χ4v) is 3.72. The SMILES string of the molecule is COCCN(C)c1ccc(C(=N)OC(=N)NC2N=C(c3ccccc3)c3ccccc3NC2=O)cc1. The van der Waals surface area contributed by atoms with Crippen LogP contribution >= 0.6 is 0 Å². The molecule has 9 nitrogen and oxygen atoms in total. The van der Waals surface area contributed by atoms with E-state index in [4.69, 9.17) is 20.3 Å². The molecule has 3 aromatic carbocycles. The molecule has 0 aromatic heterocycles. The number of likely N-dealkylation sites (N-methyl/N-ethyl adjacent to an activating group) is 1. The predicted molar refractivity (Wildman–Crippen MR) is 141 cm³/mol. The van der Waals surface area contributed by atoms with E-state index >= 15 is 0 Å². The van der Waals surface area contributed by atoms with Crippen molar-refractivity contribution in [2.45, 2.75) is 6.17 Å². The molecule has 0 aliphatic carbocycles. The van der Waals surface area contributed by atoms with Crippen molar-refractivity contribution < 1.29 is 14.3 Å². The normalized spacial score (nSPS) is 14.6. The summed E-state index contributed by atoms with van der Waals surface area (Å²) in [5.41, 5.74) is 4.32. The molecule has 1 aliphatic rings. The number of para-hydroxylation sites is 1. The summed E-state index contributed by atoms with van der Waals surface area (Å²) in [6, 6.07) is 23.7. The molecule has 1 unspecified atom stereocenters. The smallest absolute Gasteiger partial charge is 0.290 e. The largest absolute Gasteiger partial charge is 0.407 e. The number of rotatable bonds is 7. The first-order chi connectivity index (χ1) is 17.5. The lowest BCUT2D eigenvalue weighted by Crippen LogP contribution is -2.43. The van der Waals surface area contributed by atoms with Gasteiger partial charge in [-0.3, -0.25) is 15.6 Å². The zero-order valence-corrected chi connectivity index (χ0v) is 20.1. The molecule has 9 heteroatoms. The van der Waals surface area contributed by atoms with E-state index in [2.05, 4.69) is 15.6 Å². The van der Waals surface area contributed by atoms with Gasteiger partial charge in [0, 0.05) is 43.1 Å². The Morgan fingerprint density at radius 1 is 1.03 bits per heavy atom. The number of fused-ring (bicyclic) bond motifs is 1. The lowest BCUT2D eigenvalue weighted by Gasteiger charge is -2.19. The molecule has 4 rings (SSSR count). The second kappa shape index (κ2) is 11.3. The number of benzodiazepines with no additional fused rings is 1. The number of amidine groups is 1. The number of benzene rings is 3. The first-order valence-corrected chi connectivity index (χ1v) is 11.4. The number of nitrogens with zero attached hydrogens (tertiary/aromatic N) is 2.